The lowest BCUT2D eigenvalue weighted by Crippen LogP contribution is -2.09. The molecular formula is C10H10BrN. The fraction of sp³-hybridized carbons (Fsp3) is 0.200. The third-order valence-electron chi connectivity index (χ3n) is 1.64. The first-order chi connectivity index (χ1) is 5.75. The van der Waals surface area contributed by atoms with Crippen molar-refractivity contribution in [3.05, 3.63) is 34.3 Å². The molecule has 0 amide bonds. The van der Waals surface area contributed by atoms with Crippen molar-refractivity contribution >= 4 is 15.9 Å². The van der Waals surface area contributed by atoms with Crippen LogP contribution in [0.3, 0.4) is 0 Å². The lowest BCUT2D eigenvalue weighted by atomic mass is 10.1. The topological polar surface area (TPSA) is 26.0 Å². The fourth-order valence-corrected chi connectivity index (χ4v) is 1.59. The first-order valence-corrected chi connectivity index (χ1v) is 4.48. The van der Waals surface area contributed by atoms with Crippen LogP contribution in [0.5, 0.6) is 0 Å². The fourth-order valence-electron chi connectivity index (χ4n) is 1.01. The minimum atomic E-state index is -0.0643. The number of hydrogen-bond acceptors (Lipinski definition) is 1. The van der Waals surface area contributed by atoms with Gasteiger partial charge in [0, 0.05) is 16.9 Å². The van der Waals surface area contributed by atoms with Crippen LogP contribution in [0.4, 0.5) is 0 Å². The highest BCUT2D eigenvalue weighted by Gasteiger charge is 2.06. The molecule has 1 unspecified atom stereocenters. The second-order valence-electron chi connectivity index (χ2n) is 2.54. The molecule has 0 heterocycles. The zero-order valence-electron chi connectivity index (χ0n) is 6.63. The summed E-state index contributed by atoms with van der Waals surface area (Å²) >= 11 is 3.42. The summed E-state index contributed by atoms with van der Waals surface area (Å²) in [7, 11) is 0. The first-order valence-electron chi connectivity index (χ1n) is 3.69. The zero-order chi connectivity index (χ0) is 8.97. The monoisotopic (exact) mass is 223 g/mol. The Kier molecular flexibility index (Phi) is 3.33. The molecule has 0 spiro atoms. The van der Waals surface area contributed by atoms with Crippen LogP contribution < -0.4 is 5.73 Å². The van der Waals surface area contributed by atoms with E-state index < -0.39 is 0 Å². The van der Waals surface area contributed by atoms with Crippen molar-refractivity contribution in [3.8, 4) is 12.3 Å². The van der Waals surface area contributed by atoms with E-state index in [4.69, 9.17) is 12.2 Å². The van der Waals surface area contributed by atoms with Crippen molar-refractivity contribution in [2.45, 2.75) is 12.5 Å². The summed E-state index contributed by atoms with van der Waals surface area (Å²) in [6, 6.07) is 7.79. The second-order valence-corrected chi connectivity index (χ2v) is 3.39. The standard InChI is InChI=1S/C10H10BrN/c1-2-5-10(12)8-6-3-4-7-9(8)11/h1,3-4,6-7,10H,5,12H2. The summed E-state index contributed by atoms with van der Waals surface area (Å²) in [5, 5.41) is 0. The Morgan fingerprint density at radius 2 is 2.17 bits per heavy atom. The number of rotatable bonds is 2. The zero-order valence-corrected chi connectivity index (χ0v) is 8.21. The smallest absolute Gasteiger partial charge is 0.0416 e. The molecule has 0 saturated heterocycles. The van der Waals surface area contributed by atoms with Gasteiger partial charge in [0.15, 0.2) is 0 Å². The van der Waals surface area contributed by atoms with E-state index in [0.717, 1.165) is 10.0 Å². The maximum absolute atomic E-state index is 5.83. The lowest BCUT2D eigenvalue weighted by Gasteiger charge is -2.09. The maximum Gasteiger partial charge on any atom is 0.0416 e. The molecule has 12 heavy (non-hydrogen) atoms. The Hall–Kier alpha value is -0.780. The van der Waals surface area contributed by atoms with E-state index >= 15 is 0 Å². The molecular weight excluding hydrogens is 214 g/mol. The van der Waals surface area contributed by atoms with Gasteiger partial charge in [-0.1, -0.05) is 34.1 Å². The molecule has 0 saturated carbocycles. The van der Waals surface area contributed by atoms with Crippen molar-refractivity contribution in [2.24, 2.45) is 5.73 Å². The third kappa shape index (κ3) is 2.10. The number of nitrogens with two attached hydrogens (primary N) is 1. The summed E-state index contributed by atoms with van der Waals surface area (Å²) < 4.78 is 1.02. The van der Waals surface area contributed by atoms with E-state index in [2.05, 4.69) is 21.9 Å². The van der Waals surface area contributed by atoms with Crippen molar-refractivity contribution < 1.29 is 0 Å². The van der Waals surface area contributed by atoms with Gasteiger partial charge in [-0.2, -0.15) is 0 Å². The van der Waals surface area contributed by atoms with Crippen LogP contribution >= 0.6 is 15.9 Å². The molecule has 0 aliphatic heterocycles. The van der Waals surface area contributed by atoms with Crippen LogP contribution in [0.2, 0.25) is 0 Å². The average molecular weight is 224 g/mol. The minimum Gasteiger partial charge on any atom is -0.323 e. The molecule has 0 bridgehead atoms. The number of hydrogen-bond donors (Lipinski definition) is 1. The van der Waals surface area contributed by atoms with E-state index in [9.17, 15) is 0 Å². The Bertz CT molecular complexity index is 301. The van der Waals surface area contributed by atoms with Gasteiger partial charge in [-0.3, -0.25) is 0 Å². The first kappa shape index (κ1) is 9.31. The van der Waals surface area contributed by atoms with E-state index in [1.165, 1.54) is 0 Å². The maximum atomic E-state index is 5.83. The molecule has 62 valence electrons. The SMILES string of the molecule is C#CCC(N)c1ccccc1Br. The molecule has 0 aliphatic rings. The van der Waals surface area contributed by atoms with Gasteiger partial charge in [-0.25, -0.2) is 0 Å². The van der Waals surface area contributed by atoms with Crippen LogP contribution in [0.25, 0.3) is 0 Å². The highest BCUT2D eigenvalue weighted by Crippen LogP contribution is 2.22. The van der Waals surface area contributed by atoms with Crippen LogP contribution in [-0.2, 0) is 0 Å². The van der Waals surface area contributed by atoms with Gasteiger partial charge < -0.3 is 5.73 Å². The van der Waals surface area contributed by atoms with Crippen molar-refractivity contribution in [2.75, 3.05) is 0 Å². The Morgan fingerprint density at radius 1 is 1.50 bits per heavy atom. The van der Waals surface area contributed by atoms with Gasteiger partial charge in [-0.05, 0) is 11.6 Å². The Balaban J connectivity index is 2.88. The third-order valence-corrected chi connectivity index (χ3v) is 2.36. The summed E-state index contributed by atoms with van der Waals surface area (Å²) in [5.41, 5.74) is 6.90. The number of halogens is 1. The van der Waals surface area contributed by atoms with E-state index in [1.54, 1.807) is 0 Å². The highest BCUT2D eigenvalue weighted by molar-refractivity contribution is 9.10. The van der Waals surface area contributed by atoms with E-state index in [1.807, 2.05) is 24.3 Å². The van der Waals surface area contributed by atoms with Gasteiger partial charge in [0.25, 0.3) is 0 Å². The normalized spacial score (nSPS) is 12.1. The Morgan fingerprint density at radius 3 is 2.75 bits per heavy atom. The molecule has 1 atom stereocenters. The number of benzene rings is 1. The minimum absolute atomic E-state index is 0.0643. The lowest BCUT2D eigenvalue weighted by molar-refractivity contribution is 0.750. The predicted octanol–water partition coefficient (Wildman–Crippen LogP) is 2.47. The van der Waals surface area contributed by atoms with Gasteiger partial charge >= 0.3 is 0 Å². The van der Waals surface area contributed by atoms with Gasteiger partial charge in [0.2, 0.25) is 0 Å². The highest BCUT2D eigenvalue weighted by atomic mass is 79.9. The quantitative estimate of drug-likeness (QED) is 0.767. The molecule has 1 aromatic rings. The molecule has 0 aliphatic carbocycles. The molecule has 0 radical (unpaired) electrons. The van der Waals surface area contributed by atoms with E-state index in [-0.39, 0.29) is 6.04 Å². The second kappa shape index (κ2) is 4.30. The average Bonchev–Trinajstić information content (AvgIpc) is 2.05. The molecule has 1 aromatic carbocycles. The van der Waals surface area contributed by atoms with Gasteiger partial charge in [0.1, 0.15) is 0 Å². The van der Waals surface area contributed by atoms with Crippen LogP contribution in [0.15, 0.2) is 28.7 Å². The predicted molar refractivity (Wildman–Crippen MR) is 54.5 cm³/mol. The van der Waals surface area contributed by atoms with Crippen LogP contribution in [0, 0.1) is 12.3 Å². The Labute approximate surface area is 81.1 Å². The molecule has 0 aromatic heterocycles. The molecule has 0 fully saturated rings. The molecule has 1 rings (SSSR count). The van der Waals surface area contributed by atoms with Gasteiger partial charge in [-0.15, -0.1) is 12.3 Å². The van der Waals surface area contributed by atoms with Crippen molar-refractivity contribution in [1.29, 1.82) is 0 Å². The molecule has 1 nitrogen and oxygen atoms in total. The largest absolute Gasteiger partial charge is 0.323 e. The van der Waals surface area contributed by atoms with Crippen LogP contribution in [-0.4, -0.2) is 0 Å². The van der Waals surface area contributed by atoms with Gasteiger partial charge in [0.05, 0.1) is 0 Å². The number of terminal acetylenes is 1. The summed E-state index contributed by atoms with van der Waals surface area (Å²) in [4.78, 5) is 0. The van der Waals surface area contributed by atoms with Crippen molar-refractivity contribution in [1.82, 2.24) is 0 Å². The van der Waals surface area contributed by atoms with E-state index in [0.29, 0.717) is 6.42 Å². The summed E-state index contributed by atoms with van der Waals surface area (Å²) in [5.74, 6) is 2.55. The molecule has 2 heteroatoms. The van der Waals surface area contributed by atoms with Crippen molar-refractivity contribution in [3.63, 3.8) is 0 Å². The molecule has 2 N–H and O–H groups in total. The van der Waals surface area contributed by atoms with Crippen LogP contribution in [0.1, 0.15) is 18.0 Å². The summed E-state index contributed by atoms with van der Waals surface area (Å²) in [6.45, 7) is 0. The summed E-state index contributed by atoms with van der Waals surface area (Å²) in [6.07, 6.45) is 5.74.